The van der Waals surface area contributed by atoms with Gasteiger partial charge in [0.1, 0.15) is 5.75 Å². The maximum Gasteiger partial charge on any atom is 0.270 e. The van der Waals surface area contributed by atoms with Gasteiger partial charge in [0.15, 0.2) is 5.13 Å². The van der Waals surface area contributed by atoms with Gasteiger partial charge in [0.2, 0.25) is 0 Å². The summed E-state index contributed by atoms with van der Waals surface area (Å²) in [5, 5.41) is 2.66. The number of halogens is 1. The Labute approximate surface area is 174 Å². The van der Waals surface area contributed by atoms with Crippen molar-refractivity contribution in [1.29, 1.82) is 0 Å². The highest BCUT2D eigenvalue weighted by Crippen LogP contribution is 2.32. The Bertz CT molecular complexity index is 863. The Hall–Kier alpha value is -1.67. The molecule has 0 saturated heterocycles. The normalized spacial score (nSPS) is 10.8. The average molecular weight is 426 g/mol. The molecule has 27 heavy (non-hydrogen) atoms. The van der Waals surface area contributed by atoms with Crippen LogP contribution in [0.4, 0.5) is 5.13 Å². The lowest BCUT2D eigenvalue weighted by Crippen LogP contribution is -2.38. The van der Waals surface area contributed by atoms with E-state index in [0.717, 1.165) is 45.6 Å². The molecule has 0 saturated carbocycles. The minimum atomic E-state index is 0. The highest BCUT2D eigenvalue weighted by atomic mass is 35.5. The summed E-state index contributed by atoms with van der Waals surface area (Å²) < 4.78 is 6.32. The summed E-state index contributed by atoms with van der Waals surface area (Å²) in [5.74, 6) is 0.810. The Morgan fingerprint density at radius 3 is 2.59 bits per heavy atom. The Morgan fingerprint density at radius 1 is 1.19 bits per heavy atom. The molecule has 0 spiro atoms. The first-order valence-electron chi connectivity index (χ1n) is 8.68. The topological polar surface area (TPSA) is 45.7 Å². The summed E-state index contributed by atoms with van der Waals surface area (Å²) in [5.41, 5.74) is 0.887. The highest BCUT2D eigenvalue weighted by Gasteiger charge is 2.22. The van der Waals surface area contributed by atoms with Crippen molar-refractivity contribution in [2.24, 2.45) is 0 Å². The Balaban J connectivity index is 0.00000261. The number of aromatic nitrogens is 1. The number of hydrogen-bond acceptors (Lipinski definition) is 6. The lowest BCUT2D eigenvalue weighted by molar-refractivity contribution is 0.0987. The van der Waals surface area contributed by atoms with Gasteiger partial charge in [-0.1, -0.05) is 31.3 Å². The van der Waals surface area contributed by atoms with Gasteiger partial charge >= 0.3 is 0 Å². The number of hydrogen-bond donors (Lipinski definition) is 0. The number of fused-ring (bicyclic) bond motifs is 1. The molecule has 146 valence electrons. The molecule has 2 heterocycles. The molecule has 5 nitrogen and oxygen atoms in total. The second-order valence-electron chi connectivity index (χ2n) is 5.79. The van der Waals surface area contributed by atoms with Gasteiger partial charge in [-0.25, -0.2) is 4.98 Å². The Morgan fingerprint density at radius 2 is 1.96 bits per heavy atom. The molecule has 3 rings (SSSR count). The summed E-state index contributed by atoms with van der Waals surface area (Å²) in [6.07, 6.45) is 0. The van der Waals surface area contributed by atoms with Crippen molar-refractivity contribution < 1.29 is 9.53 Å². The maximum atomic E-state index is 13.1. The van der Waals surface area contributed by atoms with Crippen LogP contribution in [0.3, 0.4) is 0 Å². The summed E-state index contributed by atoms with van der Waals surface area (Å²) in [6, 6.07) is 9.58. The first-order valence-corrected chi connectivity index (χ1v) is 10.4. The molecule has 0 aliphatic carbocycles. The number of benzene rings is 1. The van der Waals surface area contributed by atoms with E-state index in [0.29, 0.717) is 6.54 Å². The SMILES string of the molecule is CCN(CC)CCN(C(=O)c1cccs1)c1nc2ccc(OC)cc2s1.Cl. The monoisotopic (exact) mass is 425 g/mol. The largest absolute Gasteiger partial charge is 0.497 e. The first kappa shape index (κ1) is 21.6. The average Bonchev–Trinajstić information content (AvgIpc) is 3.33. The molecule has 1 aromatic carbocycles. The van der Waals surface area contributed by atoms with Crippen molar-refractivity contribution in [2.45, 2.75) is 13.8 Å². The van der Waals surface area contributed by atoms with Crippen LogP contribution in [0, 0.1) is 0 Å². The third-order valence-electron chi connectivity index (χ3n) is 4.33. The molecule has 8 heteroatoms. The van der Waals surface area contributed by atoms with Gasteiger partial charge in [0.25, 0.3) is 5.91 Å². The molecule has 2 aromatic heterocycles. The summed E-state index contributed by atoms with van der Waals surface area (Å²) in [6.45, 7) is 7.65. The van der Waals surface area contributed by atoms with E-state index in [-0.39, 0.29) is 18.3 Å². The fourth-order valence-electron chi connectivity index (χ4n) is 2.73. The number of carbonyl (C=O) groups excluding carboxylic acids is 1. The molecule has 3 aromatic rings. The molecule has 1 amide bonds. The number of thiophene rings is 1. The third kappa shape index (κ3) is 4.99. The van der Waals surface area contributed by atoms with Gasteiger partial charge in [-0.05, 0) is 42.7 Å². The fraction of sp³-hybridized carbons (Fsp3) is 0.368. The number of methoxy groups -OCH3 is 1. The number of rotatable bonds is 8. The summed E-state index contributed by atoms with van der Waals surface area (Å²) >= 11 is 2.99. The highest BCUT2D eigenvalue weighted by molar-refractivity contribution is 7.22. The molecule has 0 N–H and O–H groups in total. The minimum Gasteiger partial charge on any atom is -0.497 e. The minimum absolute atomic E-state index is 0. The van der Waals surface area contributed by atoms with Crippen LogP contribution in [0.2, 0.25) is 0 Å². The second-order valence-corrected chi connectivity index (χ2v) is 7.75. The number of ether oxygens (including phenoxy) is 1. The van der Waals surface area contributed by atoms with Crippen molar-refractivity contribution in [3.63, 3.8) is 0 Å². The van der Waals surface area contributed by atoms with Crippen molar-refractivity contribution in [2.75, 3.05) is 38.2 Å². The molecular formula is C19H24ClN3O2S2. The van der Waals surface area contributed by atoms with Gasteiger partial charge in [-0.15, -0.1) is 23.7 Å². The molecule has 0 radical (unpaired) electrons. The van der Waals surface area contributed by atoms with Crippen molar-refractivity contribution in [3.8, 4) is 5.75 Å². The van der Waals surface area contributed by atoms with E-state index in [9.17, 15) is 4.79 Å². The zero-order valence-corrected chi connectivity index (χ0v) is 18.1. The van der Waals surface area contributed by atoms with Gasteiger partial charge in [-0.2, -0.15) is 0 Å². The van der Waals surface area contributed by atoms with Crippen molar-refractivity contribution in [1.82, 2.24) is 9.88 Å². The van der Waals surface area contributed by atoms with Gasteiger partial charge in [-0.3, -0.25) is 9.69 Å². The Kier molecular flexibility index (Phi) is 8.04. The van der Waals surface area contributed by atoms with E-state index < -0.39 is 0 Å². The number of nitrogens with zero attached hydrogens (tertiary/aromatic N) is 3. The van der Waals surface area contributed by atoms with Crippen LogP contribution in [-0.2, 0) is 0 Å². The lowest BCUT2D eigenvalue weighted by Gasteiger charge is -2.24. The number of anilines is 1. The number of amides is 1. The molecular weight excluding hydrogens is 402 g/mol. The van der Waals surface area contributed by atoms with E-state index in [1.807, 2.05) is 35.7 Å². The van der Waals surface area contributed by atoms with E-state index in [4.69, 9.17) is 9.72 Å². The van der Waals surface area contributed by atoms with Crippen LogP contribution >= 0.6 is 35.1 Å². The predicted octanol–water partition coefficient (Wildman–Crippen LogP) is 4.78. The van der Waals surface area contributed by atoms with Crippen LogP contribution < -0.4 is 9.64 Å². The number of likely N-dealkylation sites (N-methyl/N-ethyl adjacent to an activating group) is 1. The third-order valence-corrected chi connectivity index (χ3v) is 6.23. The summed E-state index contributed by atoms with van der Waals surface area (Å²) in [4.78, 5) is 22.6. The lowest BCUT2D eigenvalue weighted by atomic mass is 10.3. The number of thiazole rings is 1. The van der Waals surface area contributed by atoms with Gasteiger partial charge < -0.3 is 9.64 Å². The fourth-order valence-corrected chi connectivity index (χ4v) is 4.42. The van der Waals surface area contributed by atoms with E-state index in [1.165, 1.54) is 22.7 Å². The van der Waals surface area contributed by atoms with Crippen LogP contribution in [0.1, 0.15) is 23.5 Å². The maximum absolute atomic E-state index is 13.1. The molecule has 0 aliphatic rings. The van der Waals surface area contributed by atoms with Gasteiger partial charge in [0, 0.05) is 13.1 Å². The molecule has 0 bridgehead atoms. The molecule has 0 atom stereocenters. The smallest absolute Gasteiger partial charge is 0.270 e. The van der Waals surface area contributed by atoms with Gasteiger partial charge in [0.05, 0.1) is 22.2 Å². The quantitative estimate of drug-likeness (QED) is 0.521. The van der Waals surface area contributed by atoms with Crippen LogP contribution in [0.5, 0.6) is 5.75 Å². The second kappa shape index (κ2) is 10.0. The predicted molar refractivity (Wildman–Crippen MR) is 117 cm³/mol. The van der Waals surface area contributed by atoms with Crippen molar-refractivity contribution >= 4 is 56.3 Å². The van der Waals surface area contributed by atoms with E-state index >= 15 is 0 Å². The van der Waals surface area contributed by atoms with Crippen molar-refractivity contribution in [3.05, 3.63) is 40.6 Å². The van der Waals surface area contributed by atoms with Crippen LogP contribution in [0.15, 0.2) is 35.7 Å². The molecule has 0 unspecified atom stereocenters. The number of carbonyl (C=O) groups is 1. The molecule has 0 aliphatic heterocycles. The van der Waals surface area contributed by atoms with E-state index in [1.54, 1.807) is 12.0 Å². The first-order chi connectivity index (χ1) is 12.7. The zero-order valence-electron chi connectivity index (χ0n) is 15.7. The van der Waals surface area contributed by atoms with Crippen LogP contribution in [-0.4, -0.2) is 49.1 Å². The van der Waals surface area contributed by atoms with Crippen LogP contribution in [0.25, 0.3) is 10.2 Å². The molecule has 0 fully saturated rings. The standard InChI is InChI=1S/C19H23N3O2S2.ClH/c1-4-21(5-2)10-11-22(18(23)16-7-6-12-25-16)19-20-15-9-8-14(24-3)13-17(15)26-19;/h6-9,12-13H,4-5,10-11H2,1-3H3;1H. The zero-order chi connectivity index (χ0) is 18.5. The van der Waals surface area contributed by atoms with E-state index in [2.05, 4.69) is 18.7 Å². The summed E-state index contributed by atoms with van der Waals surface area (Å²) in [7, 11) is 1.65.